The third-order valence-corrected chi connectivity index (χ3v) is 5.55. The number of rotatable bonds is 5. The Morgan fingerprint density at radius 2 is 1.97 bits per heavy atom. The molecule has 1 fully saturated rings. The topological polar surface area (TPSA) is 94.2 Å². The summed E-state index contributed by atoms with van der Waals surface area (Å²) in [5, 5.41) is 3.55. The van der Waals surface area contributed by atoms with Gasteiger partial charge in [0.1, 0.15) is 11.3 Å². The number of nitrogens with zero attached hydrogens (tertiary/aromatic N) is 4. The van der Waals surface area contributed by atoms with E-state index in [0.29, 0.717) is 17.8 Å². The lowest BCUT2D eigenvalue weighted by Gasteiger charge is -2.35. The van der Waals surface area contributed by atoms with E-state index in [1.54, 1.807) is 19.3 Å². The second-order valence-corrected chi connectivity index (χ2v) is 7.46. The molecular formula is C22H26N6O2. The molecule has 1 amide bonds. The number of anilines is 1. The SMILES string of the molecule is CCc1cc2ccc(CN3CCN(c4ccc(C(=O)NC)nc4)CC3)nc2[nH]c1=O. The Kier molecular flexibility index (Phi) is 5.76. The van der Waals surface area contributed by atoms with Gasteiger partial charge in [-0.1, -0.05) is 6.92 Å². The fraction of sp³-hybridized carbons (Fsp3) is 0.364. The molecule has 0 unspecified atom stereocenters. The number of fused-ring (bicyclic) bond motifs is 1. The Balaban J connectivity index is 1.38. The first kappa shape index (κ1) is 20.0. The number of amides is 1. The standard InChI is InChI=1S/C22H26N6O2/c1-3-15-12-16-4-5-17(25-20(16)26-21(15)29)14-27-8-10-28(11-9-27)18-6-7-19(24-13-18)22(30)23-2/h4-7,12-13H,3,8-11,14H2,1-2H3,(H,23,30)(H,25,26,29). The molecule has 30 heavy (non-hydrogen) atoms. The van der Waals surface area contributed by atoms with Crippen LogP contribution in [0.25, 0.3) is 11.0 Å². The third kappa shape index (κ3) is 4.18. The van der Waals surface area contributed by atoms with Crippen LogP contribution < -0.4 is 15.8 Å². The van der Waals surface area contributed by atoms with E-state index in [1.165, 1.54) is 0 Å². The van der Waals surface area contributed by atoms with Gasteiger partial charge in [0.2, 0.25) is 0 Å². The molecule has 4 heterocycles. The van der Waals surface area contributed by atoms with Crippen LogP contribution in [0.15, 0.2) is 41.3 Å². The van der Waals surface area contributed by atoms with Crippen molar-refractivity contribution in [3.8, 4) is 0 Å². The molecular weight excluding hydrogens is 380 g/mol. The predicted molar refractivity (Wildman–Crippen MR) is 117 cm³/mol. The highest BCUT2D eigenvalue weighted by molar-refractivity contribution is 5.92. The minimum Gasteiger partial charge on any atom is -0.368 e. The van der Waals surface area contributed by atoms with Gasteiger partial charge in [0.15, 0.2) is 0 Å². The number of hydrogen-bond acceptors (Lipinski definition) is 6. The number of hydrogen-bond donors (Lipinski definition) is 2. The van der Waals surface area contributed by atoms with Crippen molar-refractivity contribution < 1.29 is 4.79 Å². The van der Waals surface area contributed by atoms with E-state index in [2.05, 4.69) is 30.1 Å². The molecule has 0 aliphatic carbocycles. The first-order valence-electron chi connectivity index (χ1n) is 10.2. The van der Waals surface area contributed by atoms with E-state index < -0.39 is 0 Å². The molecule has 8 heteroatoms. The molecule has 3 aromatic heterocycles. The summed E-state index contributed by atoms with van der Waals surface area (Å²) in [4.78, 5) is 40.1. The molecule has 0 radical (unpaired) electrons. The summed E-state index contributed by atoms with van der Waals surface area (Å²) < 4.78 is 0. The van der Waals surface area contributed by atoms with Gasteiger partial charge >= 0.3 is 0 Å². The lowest BCUT2D eigenvalue weighted by atomic mass is 10.1. The van der Waals surface area contributed by atoms with Crippen LogP contribution in [0.5, 0.6) is 0 Å². The zero-order chi connectivity index (χ0) is 21.1. The van der Waals surface area contributed by atoms with E-state index in [-0.39, 0.29) is 11.5 Å². The fourth-order valence-electron chi connectivity index (χ4n) is 3.75. The lowest BCUT2D eigenvalue weighted by molar-refractivity contribution is 0.0958. The van der Waals surface area contributed by atoms with Crippen LogP contribution in [0.3, 0.4) is 0 Å². The smallest absolute Gasteiger partial charge is 0.269 e. The number of piperazine rings is 1. The number of carbonyl (C=O) groups is 1. The normalized spacial score (nSPS) is 14.8. The van der Waals surface area contributed by atoms with Crippen LogP contribution in [-0.2, 0) is 13.0 Å². The van der Waals surface area contributed by atoms with Gasteiger partial charge in [-0.3, -0.25) is 14.5 Å². The van der Waals surface area contributed by atoms with Crippen molar-refractivity contribution >= 4 is 22.6 Å². The number of nitrogens with one attached hydrogen (secondary N) is 2. The Bertz CT molecular complexity index is 1100. The molecule has 0 aromatic carbocycles. The van der Waals surface area contributed by atoms with Gasteiger partial charge in [-0.05, 0) is 36.8 Å². The van der Waals surface area contributed by atoms with Crippen molar-refractivity contribution in [1.29, 1.82) is 0 Å². The van der Waals surface area contributed by atoms with E-state index in [1.807, 2.05) is 31.2 Å². The van der Waals surface area contributed by atoms with Crippen LogP contribution in [0, 0.1) is 0 Å². The average molecular weight is 406 g/mol. The third-order valence-electron chi connectivity index (χ3n) is 5.55. The van der Waals surface area contributed by atoms with Crippen LogP contribution in [0.1, 0.15) is 28.7 Å². The van der Waals surface area contributed by atoms with Gasteiger partial charge in [0, 0.05) is 50.7 Å². The number of H-pyrrole nitrogens is 1. The van der Waals surface area contributed by atoms with E-state index in [9.17, 15) is 9.59 Å². The molecule has 156 valence electrons. The van der Waals surface area contributed by atoms with Crippen LogP contribution in [0.4, 0.5) is 5.69 Å². The quantitative estimate of drug-likeness (QED) is 0.668. The van der Waals surface area contributed by atoms with Gasteiger partial charge in [-0.25, -0.2) is 9.97 Å². The first-order chi connectivity index (χ1) is 14.6. The minimum atomic E-state index is -0.179. The van der Waals surface area contributed by atoms with E-state index >= 15 is 0 Å². The van der Waals surface area contributed by atoms with Gasteiger partial charge in [-0.15, -0.1) is 0 Å². The van der Waals surface area contributed by atoms with Crippen LogP contribution in [0.2, 0.25) is 0 Å². The second-order valence-electron chi connectivity index (χ2n) is 7.46. The summed E-state index contributed by atoms with van der Waals surface area (Å²) in [6.45, 7) is 6.29. The highest BCUT2D eigenvalue weighted by Crippen LogP contribution is 2.17. The summed E-state index contributed by atoms with van der Waals surface area (Å²) >= 11 is 0. The molecule has 8 nitrogen and oxygen atoms in total. The van der Waals surface area contributed by atoms with Crippen molar-refractivity contribution in [1.82, 2.24) is 25.2 Å². The van der Waals surface area contributed by atoms with Crippen LogP contribution in [-0.4, -0.2) is 59.0 Å². The average Bonchev–Trinajstić information content (AvgIpc) is 2.78. The summed E-state index contributed by atoms with van der Waals surface area (Å²) in [5.74, 6) is -0.179. The van der Waals surface area contributed by atoms with Gasteiger partial charge in [-0.2, -0.15) is 0 Å². The highest BCUT2D eigenvalue weighted by atomic mass is 16.1. The van der Waals surface area contributed by atoms with Crippen molar-refractivity contribution in [2.75, 3.05) is 38.1 Å². The van der Waals surface area contributed by atoms with Gasteiger partial charge in [0.25, 0.3) is 11.5 Å². The largest absolute Gasteiger partial charge is 0.368 e. The predicted octanol–water partition coefficient (Wildman–Crippen LogP) is 1.56. The number of aromatic nitrogens is 3. The number of pyridine rings is 3. The number of aromatic amines is 1. The van der Waals surface area contributed by atoms with Crippen molar-refractivity contribution in [2.45, 2.75) is 19.9 Å². The molecule has 4 rings (SSSR count). The maximum absolute atomic E-state index is 12.1. The number of aryl methyl sites for hydroxylation is 1. The molecule has 0 saturated carbocycles. The molecule has 1 aliphatic heterocycles. The maximum atomic E-state index is 12.1. The molecule has 0 atom stereocenters. The fourth-order valence-corrected chi connectivity index (χ4v) is 3.75. The number of carbonyl (C=O) groups excluding carboxylic acids is 1. The summed E-state index contributed by atoms with van der Waals surface area (Å²) in [6, 6.07) is 9.69. The Morgan fingerprint density at radius 3 is 2.63 bits per heavy atom. The molecule has 1 aliphatic rings. The Labute approximate surface area is 175 Å². The molecule has 3 aromatic rings. The summed E-state index contributed by atoms with van der Waals surface area (Å²) in [7, 11) is 1.60. The lowest BCUT2D eigenvalue weighted by Crippen LogP contribution is -2.46. The maximum Gasteiger partial charge on any atom is 0.269 e. The zero-order valence-electron chi connectivity index (χ0n) is 17.3. The van der Waals surface area contributed by atoms with E-state index in [4.69, 9.17) is 0 Å². The van der Waals surface area contributed by atoms with Crippen molar-refractivity contribution in [3.05, 3.63) is 63.8 Å². The molecule has 0 spiro atoms. The first-order valence-corrected chi connectivity index (χ1v) is 10.2. The Hall–Kier alpha value is -3.26. The highest BCUT2D eigenvalue weighted by Gasteiger charge is 2.18. The summed E-state index contributed by atoms with van der Waals surface area (Å²) in [6.07, 6.45) is 2.47. The van der Waals surface area contributed by atoms with Gasteiger partial charge < -0.3 is 15.2 Å². The molecule has 0 bridgehead atoms. The minimum absolute atomic E-state index is 0.0562. The monoisotopic (exact) mass is 406 g/mol. The molecule has 2 N–H and O–H groups in total. The second kappa shape index (κ2) is 8.62. The van der Waals surface area contributed by atoms with Crippen molar-refractivity contribution in [2.24, 2.45) is 0 Å². The van der Waals surface area contributed by atoms with Crippen LogP contribution >= 0.6 is 0 Å². The summed E-state index contributed by atoms with van der Waals surface area (Å²) in [5.41, 5.74) is 3.77. The zero-order valence-corrected chi connectivity index (χ0v) is 17.3. The van der Waals surface area contributed by atoms with Gasteiger partial charge in [0.05, 0.1) is 17.6 Å². The Morgan fingerprint density at radius 1 is 1.17 bits per heavy atom. The van der Waals surface area contributed by atoms with Crippen molar-refractivity contribution in [3.63, 3.8) is 0 Å². The molecule has 1 saturated heterocycles. The van der Waals surface area contributed by atoms with E-state index in [0.717, 1.165) is 55.1 Å².